The van der Waals surface area contributed by atoms with Crippen LogP contribution in [0.5, 0.6) is 5.75 Å². The van der Waals surface area contributed by atoms with Gasteiger partial charge in [0.2, 0.25) is 0 Å². The lowest BCUT2D eigenvalue weighted by molar-refractivity contribution is 0.0605. The second kappa shape index (κ2) is 3.97. The molecule has 0 bridgehead atoms. The van der Waals surface area contributed by atoms with Crippen molar-refractivity contribution in [2.75, 3.05) is 13.1 Å². The molecule has 4 nitrogen and oxygen atoms in total. The smallest absolute Gasteiger partial charge is 0.257 e. The highest BCUT2D eigenvalue weighted by molar-refractivity contribution is 14.1. The molecule has 1 heterocycles. The van der Waals surface area contributed by atoms with Crippen molar-refractivity contribution >= 4 is 28.5 Å². The third kappa shape index (κ3) is 2.07. The fourth-order valence-electron chi connectivity index (χ4n) is 1.53. The minimum absolute atomic E-state index is 0.0286. The first-order valence-corrected chi connectivity index (χ1v) is 5.69. The van der Waals surface area contributed by atoms with Gasteiger partial charge in [0, 0.05) is 22.7 Å². The van der Waals surface area contributed by atoms with Crippen molar-refractivity contribution in [1.82, 2.24) is 4.90 Å². The molecule has 1 aliphatic rings. The Balaban J connectivity index is 2.22. The monoisotopic (exact) mass is 318 g/mol. The summed E-state index contributed by atoms with van der Waals surface area (Å²) in [6.45, 7) is 1.15. The summed E-state index contributed by atoms with van der Waals surface area (Å²) in [7, 11) is 0. The molecule has 2 rings (SSSR count). The molecule has 0 radical (unpaired) electrons. The first kappa shape index (κ1) is 10.7. The predicted molar refractivity (Wildman–Crippen MR) is 64.7 cm³/mol. The van der Waals surface area contributed by atoms with Crippen LogP contribution in [0.15, 0.2) is 18.2 Å². The van der Waals surface area contributed by atoms with Crippen molar-refractivity contribution in [2.45, 2.75) is 6.04 Å². The van der Waals surface area contributed by atoms with Crippen molar-refractivity contribution < 1.29 is 9.90 Å². The second-order valence-electron chi connectivity index (χ2n) is 3.63. The average Bonchev–Trinajstić information content (AvgIpc) is 2.16. The molecule has 1 amide bonds. The molecule has 1 aliphatic heterocycles. The van der Waals surface area contributed by atoms with E-state index in [1.165, 1.54) is 6.07 Å². The molecule has 0 unspecified atom stereocenters. The van der Waals surface area contributed by atoms with Crippen LogP contribution in [0.25, 0.3) is 0 Å². The quantitative estimate of drug-likeness (QED) is 0.752. The number of phenols is 1. The normalized spacial score (nSPS) is 16.3. The number of halogens is 1. The Morgan fingerprint density at radius 3 is 2.80 bits per heavy atom. The van der Waals surface area contributed by atoms with Crippen LogP contribution in [-0.4, -0.2) is 35.0 Å². The highest BCUT2D eigenvalue weighted by atomic mass is 127. The highest BCUT2D eigenvalue weighted by Gasteiger charge is 2.29. The maximum Gasteiger partial charge on any atom is 0.257 e. The van der Waals surface area contributed by atoms with E-state index in [0.29, 0.717) is 18.7 Å². The van der Waals surface area contributed by atoms with E-state index in [0.717, 1.165) is 3.57 Å². The third-order valence-electron chi connectivity index (χ3n) is 2.39. The summed E-state index contributed by atoms with van der Waals surface area (Å²) < 4.78 is 0.929. The molecule has 15 heavy (non-hydrogen) atoms. The second-order valence-corrected chi connectivity index (χ2v) is 4.88. The van der Waals surface area contributed by atoms with E-state index < -0.39 is 0 Å². The van der Waals surface area contributed by atoms with Crippen LogP contribution < -0.4 is 5.73 Å². The maximum absolute atomic E-state index is 11.9. The molecule has 0 aliphatic carbocycles. The first-order valence-electron chi connectivity index (χ1n) is 4.61. The molecule has 1 fully saturated rings. The zero-order chi connectivity index (χ0) is 11.0. The van der Waals surface area contributed by atoms with E-state index in [2.05, 4.69) is 22.6 Å². The predicted octanol–water partition coefficient (Wildman–Crippen LogP) is 0.780. The molecular formula is C10H11IN2O2. The SMILES string of the molecule is NC1CN(C(=O)c2cc(I)ccc2O)C1. The summed E-state index contributed by atoms with van der Waals surface area (Å²) in [4.78, 5) is 13.5. The fourth-order valence-corrected chi connectivity index (χ4v) is 2.02. The molecule has 0 spiro atoms. The number of aromatic hydroxyl groups is 1. The molecule has 1 saturated heterocycles. The van der Waals surface area contributed by atoms with Crippen LogP contribution in [0, 0.1) is 3.57 Å². The van der Waals surface area contributed by atoms with Gasteiger partial charge < -0.3 is 15.7 Å². The van der Waals surface area contributed by atoms with Gasteiger partial charge in [-0.25, -0.2) is 0 Å². The number of rotatable bonds is 1. The van der Waals surface area contributed by atoms with Crippen molar-refractivity contribution in [2.24, 2.45) is 5.73 Å². The van der Waals surface area contributed by atoms with E-state index in [1.54, 1.807) is 17.0 Å². The number of amides is 1. The van der Waals surface area contributed by atoms with Crippen LogP contribution in [0.1, 0.15) is 10.4 Å². The average molecular weight is 318 g/mol. The topological polar surface area (TPSA) is 66.6 Å². The van der Waals surface area contributed by atoms with Crippen LogP contribution in [0.2, 0.25) is 0 Å². The van der Waals surface area contributed by atoms with E-state index in [9.17, 15) is 9.90 Å². The maximum atomic E-state index is 11.9. The number of nitrogens with zero attached hydrogens (tertiary/aromatic N) is 1. The van der Waals surface area contributed by atoms with Gasteiger partial charge in [-0.2, -0.15) is 0 Å². The van der Waals surface area contributed by atoms with Gasteiger partial charge in [-0.05, 0) is 40.8 Å². The number of likely N-dealkylation sites (tertiary alicyclic amines) is 1. The van der Waals surface area contributed by atoms with Crippen molar-refractivity contribution in [3.63, 3.8) is 0 Å². The van der Waals surface area contributed by atoms with Crippen molar-refractivity contribution in [1.29, 1.82) is 0 Å². The Labute approximate surface area is 101 Å². The molecule has 0 aromatic heterocycles. The molecule has 1 aromatic rings. The van der Waals surface area contributed by atoms with E-state index in [4.69, 9.17) is 5.73 Å². The minimum Gasteiger partial charge on any atom is -0.507 e. The van der Waals surface area contributed by atoms with E-state index in [-0.39, 0.29) is 17.7 Å². The number of benzene rings is 1. The number of hydrogen-bond acceptors (Lipinski definition) is 3. The van der Waals surface area contributed by atoms with Gasteiger partial charge in [-0.1, -0.05) is 0 Å². The van der Waals surface area contributed by atoms with Gasteiger partial charge in [0.15, 0.2) is 0 Å². The largest absolute Gasteiger partial charge is 0.507 e. The Kier molecular flexibility index (Phi) is 2.83. The van der Waals surface area contributed by atoms with Gasteiger partial charge in [-0.15, -0.1) is 0 Å². The summed E-state index contributed by atoms with van der Waals surface area (Å²) in [6.07, 6.45) is 0. The zero-order valence-corrected chi connectivity index (χ0v) is 10.1. The van der Waals surface area contributed by atoms with Crippen molar-refractivity contribution in [3.8, 4) is 5.75 Å². The molecular weight excluding hydrogens is 307 g/mol. The summed E-state index contributed by atoms with van der Waals surface area (Å²) in [5.41, 5.74) is 5.95. The third-order valence-corrected chi connectivity index (χ3v) is 3.06. The van der Waals surface area contributed by atoms with Crippen LogP contribution in [-0.2, 0) is 0 Å². The summed E-state index contributed by atoms with van der Waals surface area (Å²) >= 11 is 2.11. The standard InChI is InChI=1S/C10H11IN2O2/c11-6-1-2-9(14)8(3-6)10(15)13-4-7(12)5-13/h1-3,7,14H,4-5,12H2. The van der Waals surface area contributed by atoms with E-state index >= 15 is 0 Å². The Bertz CT molecular complexity index is 402. The lowest BCUT2D eigenvalue weighted by atomic mass is 10.1. The molecule has 5 heteroatoms. The zero-order valence-electron chi connectivity index (χ0n) is 7.98. The summed E-state index contributed by atoms with van der Waals surface area (Å²) in [6, 6.07) is 5.06. The Morgan fingerprint density at radius 2 is 2.20 bits per heavy atom. The molecule has 1 aromatic carbocycles. The Hall–Kier alpha value is -0.820. The number of carbonyl (C=O) groups excluding carboxylic acids is 1. The molecule has 3 N–H and O–H groups in total. The van der Waals surface area contributed by atoms with Gasteiger partial charge in [0.1, 0.15) is 5.75 Å². The van der Waals surface area contributed by atoms with Gasteiger partial charge in [-0.3, -0.25) is 4.79 Å². The summed E-state index contributed by atoms with van der Waals surface area (Å²) in [5, 5.41) is 9.56. The highest BCUT2D eigenvalue weighted by Crippen LogP contribution is 2.23. The first-order chi connectivity index (χ1) is 7.08. The number of hydrogen-bond donors (Lipinski definition) is 2. The van der Waals surface area contributed by atoms with Crippen LogP contribution in [0.3, 0.4) is 0 Å². The lowest BCUT2D eigenvalue weighted by Gasteiger charge is -2.36. The number of carbonyl (C=O) groups is 1. The van der Waals surface area contributed by atoms with Crippen molar-refractivity contribution in [3.05, 3.63) is 27.3 Å². The van der Waals surface area contributed by atoms with Gasteiger partial charge in [0.25, 0.3) is 5.91 Å². The number of phenolic OH excluding ortho intramolecular Hbond substituents is 1. The fraction of sp³-hybridized carbons (Fsp3) is 0.300. The van der Waals surface area contributed by atoms with Gasteiger partial charge in [0.05, 0.1) is 5.56 Å². The van der Waals surface area contributed by atoms with Crippen LogP contribution in [0.4, 0.5) is 0 Å². The van der Waals surface area contributed by atoms with Crippen LogP contribution >= 0.6 is 22.6 Å². The molecule has 0 saturated carbocycles. The lowest BCUT2D eigenvalue weighted by Crippen LogP contribution is -2.57. The van der Waals surface area contributed by atoms with Gasteiger partial charge >= 0.3 is 0 Å². The summed E-state index contributed by atoms with van der Waals surface area (Å²) in [5.74, 6) is -0.117. The Morgan fingerprint density at radius 1 is 1.53 bits per heavy atom. The van der Waals surface area contributed by atoms with E-state index in [1.807, 2.05) is 0 Å². The minimum atomic E-state index is -0.146. The molecule has 0 atom stereocenters. The molecule has 80 valence electrons. The number of nitrogens with two attached hydrogens (primary N) is 1.